The highest BCUT2D eigenvalue weighted by atomic mass is 16.5. The van der Waals surface area contributed by atoms with Crippen LogP contribution in [0.15, 0.2) is 35.5 Å². The molecule has 34 heavy (non-hydrogen) atoms. The molecule has 194 valence electrons. The van der Waals surface area contributed by atoms with E-state index >= 15 is 0 Å². The summed E-state index contributed by atoms with van der Waals surface area (Å²) in [5.41, 5.74) is 3.53. The predicted octanol–water partition coefficient (Wildman–Crippen LogP) is 5.97. The Hall–Kier alpha value is -0.940. The summed E-state index contributed by atoms with van der Waals surface area (Å²) in [5.74, 6) is 3.05. The summed E-state index contributed by atoms with van der Waals surface area (Å²) in [5, 5.41) is 30.3. The third-order valence-corrected chi connectivity index (χ3v) is 9.17. The summed E-state index contributed by atoms with van der Waals surface area (Å²) in [4.78, 5) is 0. The van der Waals surface area contributed by atoms with Gasteiger partial charge in [0, 0.05) is 19.6 Å². The molecule has 0 bridgehead atoms. The third kappa shape index (κ3) is 6.24. The van der Waals surface area contributed by atoms with Crippen LogP contribution in [0.25, 0.3) is 0 Å². The zero-order valence-corrected chi connectivity index (χ0v) is 22.1. The Kier molecular flexibility index (Phi) is 10.0. The van der Waals surface area contributed by atoms with E-state index in [4.69, 9.17) is 9.84 Å². The van der Waals surface area contributed by atoms with E-state index in [9.17, 15) is 10.2 Å². The van der Waals surface area contributed by atoms with Gasteiger partial charge in [-0.05, 0) is 78.8 Å². The van der Waals surface area contributed by atoms with E-state index in [2.05, 4.69) is 46.4 Å². The fourth-order valence-electron chi connectivity index (χ4n) is 7.20. The highest BCUT2D eigenvalue weighted by Crippen LogP contribution is 2.60. The van der Waals surface area contributed by atoms with Crippen LogP contribution >= 0.6 is 0 Å². The lowest BCUT2D eigenvalue weighted by atomic mass is 9.60. The molecule has 0 aromatic rings. The van der Waals surface area contributed by atoms with Crippen LogP contribution in [0.2, 0.25) is 0 Å². The zero-order chi connectivity index (χ0) is 24.9. The topological polar surface area (TPSA) is 69.9 Å². The minimum atomic E-state index is -0.911. The molecular formula is C30H50O4. The number of aliphatic hydroxyl groups is 3. The van der Waals surface area contributed by atoms with E-state index in [0.717, 1.165) is 29.7 Å². The summed E-state index contributed by atoms with van der Waals surface area (Å²) >= 11 is 0. The second-order valence-electron chi connectivity index (χ2n) is 12.0. The van der Waals surface area contributed by atoms with E-state index < -0.39 is 18.3 Å². The van der Waals surface area contributed by atoms with Gasteiger partial charge in [-0.15, -0.1) is 0 Å². The van der Waals surface area contributed by atoms with Crippen LogP contribution in [-0.2, 0) is 4.74 Å². The van der Waals surface area contributed by atoms with Crippen molar-refractivity contribution in [3.8, 4) is 0 Å². The summed E-state index contributed by atoms with van der Waals surface area (Å²) in [6, 6.07) is 0. The van der Waals surface area contributed by atoms with Gasteiger partial charge in [-0.1, -0.05) is 71.3 Å². The number of hydrogen-bond donors (Lipinski definition) is 3. The van der Waals surface area contributed by atoms with Gasteiger partial charge in [0.2, 0.25) is 0 Å². The van der Waals surface area contributed by atoms with Gasteiger partial charge in [0.25, 0.3) is 0 Å². The highest BCUT2D eigenvalue weighted by molar-refractivity contribution is 5.40. The molecule has 3 aliphatic carbocycles. The van der Waals surface area contributed by atoms with Crippen molar-refractivity contribution in [3.63, 3.8) is 0 Å². The van der Waals surface area contributed by atoms with Gasteiger partial charge in [0.05, 0.1) is 6.10 Å². The molecule has 0 unspecified atom stereocenters. The Morgan fingerprint density at radius 1 is 1.12 bits per heavy atom. The van der Waals surface area contributed by atoms with Gasteiger partial charge in [-0.3, -0.25) is 0 Å². The van der Waals surface area contributed by atoms with E-state index in [-0.39, 0.29) is 6.61 Å². The van der Waals surface area contributed by atoms with Gasteiger partial charge >= 0.3 is 0 Å². The van der Waals surface area contributed by atoms with Crippen molar-refractivity contribution >= 4 is 0 Å². The zero-order valence-electron chi connectivity index (χ0n) is 22.1. The molecule has 3 aliphatic rings. The molecule has 0 amide bonds. The number of fused-ring (bicyclic) bond motifs is 1. The molecule has 7 atom stereocenters. The average Bonchev–Trinajstić information content (AvgIpc) is 3.15. The second kappa shape index (κ2) is 12.3. The predicted molar refractivity (Wildman–Crippen MR) is 139 cm³/mol. The lowest BCUT2D eigenvalue weighted by molar-refractivity contribution is -0.0968. The van der Waals surface area contributed by atoms with Crippen LogP contribution in [-0.4, -0.2) is 46.8 Å². The van der Waals surface area contributed by atoms with Crippen LogP contribution in [0.3, 0.4) is 0 Å². The molecule has 0 heterocycles. The number of hydrogen-bond acceptors (Lipinski definition) is 4. The molecule has 0 aromatic heterocycles. The molecule has 4 nitrogen and oxygen atoms in total. The van der Waals surface area contributed by atoms with Gasteiger partial charge in [0.1, 0.15) is 12.2 Å². The maximum atomic E-state index is 10.7. The van der Waals surface area contributed by atoms with Crippen molar-refractivity contribution < 1.29 is 20.1 Å². The van der Waals surface area contributed by atoms with Crippen molar-refractivity contribution in [2.45, 2.75) is 110 Å². The lowest BCUT2D eigenvalue weighted by Gasteiger charge is -2.44. The van der Waals surface area contributed by atoms with Crippen molar-refractivity contribution in [1.82, 2.24) is 0 Å². The quantitative estimate of drug-likeness (QED) is 0.341. The van der Waals surface area contributed by atoms with Crippen LogP contribution in [0.5, 0.6) is 0 Å². The first-order valence-electron chi connectivity index (χ1n) is 13.9. The second-order valence-corrected chi connectivity index (χ2v) is 12.0. The number of ether oxygens (including phenoxy) is 1. The van der Waals surface area contributed by atoms with Gasteiger partial charge < -0.3 is 20.1 Å². The first-order valence-corrected chi connectivity index (χ1v) is 13.9. The van der Waals surface area contributed by atoms with E-state index in [1.165, 1.54) is 44.9 Å². The molecule has 3 rings (SSSR count). The monoisotopic (exact) mass is 474 g/mol. The molecular weight excluding hydrogens is 424 g/mol. The Bertz CT molecular complexity index is 738. The van der Waals surface area contributed by atoms with Crippen LogP contribution in [0.4, 0.5) is 0 Å². The van der Waals surface area contributed by atoms with E-state index in [1.807, 2.05) is 0 Å². The molecule has 0 saturated heterocycles. The molecule has 0 spiro atoms. The Labute approximate surface area is 208 Å². The summed E-state index contributed by atoms with van der Waals surface area (Å²) in [6.45, 7) is 14.2. The summed E-state index contributed by atoms with van der Waals surface area (Å²) in [6.07, 6.45) is 13.4. The molecule has 4 heteroatoms. The van der Waals surface area contributed by atoms with Crippen LogP contribution < -0.4 is 0 Å². The molecule has 0 aromatic carbocycles. The molecule has 3 fully saturated rings. The third-order valence-electron chi connectivity index (χ3n) is 9.17. The normalized spacial score (nSPS) is 37.5. The Morgan fingerprint density at radius 2 is 1.88 bits per heavy atom. The highest BCUT2D eigenvalue weighted by Gasteiger charge is 2.50. The largest absolute Gasteiger partial charge is 0.396 e. The van der Waals surface area contributed by atoms with Gasteiger partial charge in [-0.2, -0.15) is 0 Å². The minimum Gasteiger partial charge on any atom is -0.396 e. The van der Waals surface area contributed by atoms with Crippen molar-refractivity contribution in [1.29, 1.82) is 0 Å². The van der Waals surface area contributed by atoms with Crippen LogP contribution in [0.1, 0.15) is 91.9 Å². The van der Waals surface area contributed by atoms with Crippen molar-refractivity contribution in [3.05, 3.63) is 35.5 Å². The van der Waals surface area contributed by atoms with E-state index in [0.29, 0.717) is 36.4 Å². The first-order chi connectivity index (χ1) is 16.2. The fourth-order valence-corrected chi connectivity index (χ4v) is 7.20. The summed E-state index contributed by atoms with van der Waals surface area (Å²) < 4.78 is 5.64. The number of allylic oxidation sites excluding steroid dienone is 3. The maximum Gasteiger partial charge on any atom is 0.114 e. The van der Waals surface area contributed by atoms with Crippen LogP contribution in [0, 0.1) is 29.1 Å². The Morgan fingerprint density at radius 3 is 2.59 bits per heavy atom. The van der Waals surface area contributed by atoms with Gasteiger partial charge in [-0.25, -0.2) is 0 Å². The number of rotatable bonds is 10. The number of aliphatic hydroxyl groups excluding tert-OH is 3. The Balaban J connectivity index is 1.68. The smallest absolute Gasteiger partial charge is 0.114 e. The molecule has 3 saturated carbocycles. The SMILES string of the molecule is C=C1/C(=C\C=C2/CCC[C@]3(C)[C@@H]([C@H](C)CCCC(C)C)CC[C@@H]23)C[C@H](O)[C@H](OCCCO)[C@H]1O. The van der Waals surface area contributed by atoms with Gasteiger partial charge in [0.15, 0.2) is 0 Å². The first kappa shape index (κ1) is 27.6. The van der Waals surface area contributed by atoms with Crippen molar-refractivity contribution in [2.75, 3.05) is 13.2 Å². The fraction of sp³-hybridized carbons (Fsp3) is 0.800. The molecule has 0 aliphatic heterocycles. The summed E-state index contributed by atoms with van der Waals surface area (Å²) in [7, 11) is 0. The van der Waals surface area contributed by atoms with Crippen molar-refractivity contribution in [2.24, 2.45) is 29.1 Å². The maximum absolute atomic E-state index is 10.7. The minimum absolute atomic E-state index is 0.0379. The molecule has 0 radical (unpaired) electrons. The van der Waals surface area contributed by atoms with E-state index in [1.54, 1.807) is 5.57 Å². The lowest BCUT2D eigenvalue weighted by Crippen LogP contribution is -2.45. The standard InChI is InChI=1S/C30H50O4/c1-20(2)9-6-10-21(3)25-14-15-26-23(11-7-16-30(25,26)5)12-13-24-19-27(32)29(28(33)22(24)4)34-18-8-17-31/h12-13,20-21,25-29,31-33H,4,6-11,14-19H2,1-3,5H3/b23-12+,24-13-/t21-,25-,26+,27+,28+,29+,30-/m1/s1. The average molecular weight is 475 g/mol. The molecule has 3 N–H and O–H groups in total.